The number of rotatable bonds is 6. The van der Waals surface area contributed by atoms with Crippen LogP contribution in [0.3, 0.4) is 0 Å². The fourth-order valence-corrected chi connectivity index (χ4v) is 1.73. The van der Waals surface area contributed by atoms with E-state index in [9.17, 15) is 0 Å². The fourth-order valence-electron chi connectivity index (χ4n) is 1.73. The average Bonchev–Trinajstić information content (AvgIpc) is 2.52. The van der Waals surface area contributed by atoms with Gasteiger partial charge < -0.3 is 15.8 Å². The molecule has 0 radical (unpaired) electrons. The van der Waals surface area contributed by atoms with E-state index in [1.54, 1.807) is 12.1 Å². The first-order valence-corrected chi connectivity index (χ1v) is 6.47. The number of nitrogens with zero attached hydrogens (tertiary/aromatic N) is 1. The third-order valence-corrected chi connectivity index (χ3v) is 2.82. The Morgan fingerprint density at radius 2 is 1.75 bits per heavy atom. The molecule has 0 atom stereocenters. The first-order chi connectivity index (χ1) is 9.81. The molecule has 0 fully saturated rings. The Hall–Kier alpha value is -2.51. The summed E-state index contributed by atoms with van der Waals surface area (Å²) in [6, 6.07) is 17.2. The lowest BCUT2D eigenvalue weighted by atomic mass is 10.2. The highest BCUT2D eigenvalue weighted by molar-refractivity contribution is 5.46. The number of hydrogen-bond acceptors (Lipinski definition) is 4. The molecule has 0 saturated heterocycles. The molecule has 0 aliphatic rings. The van der Waals surface area contributed by atoms with Gasteiger partial charge in [-0.2, -0.15) is 5.26 Å². The maximum atomic E-state index is 8.73. The Morgan fingerprint density at radius 1 is 1.05 bits per heavy atom. The van der Waals surface area contributed by atoms with Gasteiger partial charge in [0.2, 0.25) is 0 Å². The summed E-state index contributed by atoms with van der Waals surface area (Å²) in [7, 11) is 0. The number of nitrogens with two attached hydrogens (primary N) is 1. The molecule has 0 heterocycles. The summed E-state index contributed by atoms with van der Waals surface area (Å²) in [6.45, 7) is 1.85. The number of ether oxygens (including phenoxy) is 1. The van der Waals surface area contributed by atoms with E-state index in [-0.39, 0.29) is 0 Å². The predicted molar refractivity (Wildman–Crippen MR) is 79.5 cm³/mol. The third kappa shape index (κ3) is 4.01. The number of hydrogen-bond donors (Lipinski definition) is 2. The van der Waals surface area contributed by atoms with Crippen LogP contribution in [-0.2, 0) is 6.61 Å². The lowest BCUT2D eigenvalue weighted by Crippen LogP contribution is -2.12. The third-order valence-electron chi connectivity index (χ3n) is 2.82. The second-order valence-electron chi connectivity index (χ2n) is 4.34. The van der Waals surface area contributed by atoms with Gasteiger partial charge in [-0.05, 0) is 42.0 Å². The van der Waals surface area contributed by atoms with Crippen LogP contribution in [0, 0.1) is 11.3 Å². The van der Waals surface area contributed by atoms with E-state index in [0.717, 1.165) is 23.5 Å². The molecule has 2 aromatic carbocycles. The Balaban J connectivity index is 1.88. The monoisotopic (exact) mass is 267 g/mol. The Labute approximate surface area is 118 Å². The van der Waals surface area contributed by atoms with Crippen molar-refractivity contribution < 1.29 is 4.74 Å². The number of benzene rings is 2. The van der Waals surface area contributed by atoms with E-state index < -0.39 is 0 Å². The van der Waals surface area contributed by atoms with E-state index >= 15 is 0 Å². The smallest absolute Gasteiger partial charge is 0.119 e. The van der Waals surface area contributed by atoms with Crippen molar-refractivity contribution in [2.75, 3.05) is 18.4 Å². The molecular formula is C16H17N3O. The van der Waals surface area contributed by atoms with Crippen molar-refractivity contribution in [1.82, 2.24) is 0 Å². The first kappa shape index (κ1) is 13.9. The van der Waals surface area contributed by atoms with Gasteiger partial charge in [-0.25, -0.2) is 0 Å². The van der Waals surface area contributed by atoms with Gasteiger partial charge in [0.15, 0.2) is 0 Å². The van der Waals surface area contributed by atoms with Gasteiger partial charge in [0.1, 0.15) is 12.4 Å². The number of anilines is 1. The Bertz CT molecular complexity index is 570. The van der Waals surface area contributed by atoms with Crippen LogP contribution in [0.5, 0.6) is 5.75 Å². The molecule has 0 spiro atoms. The number of nitrogens with one attached hydrogen (secondary N) is 1. The van der Waals surface area contributed by atoms with Crippen LogP contribution in [0.4, 0.5) is 5.69 Å². The molecule has 0 unspecified atom stereocenters. The van der Waals surface area contributed by atoms with Crippen LogP contribution in [-0.4, -0.2) is 13.1 Å². The van der Waals surface area contributed by atoms with Crippen molar-refractivity contribution >= 4 is 5.69 Å². The summed E-state index contributed by atoms with van der Waals surface area (Å²) in [4.78, 5) is 0. The van der Waals surface area contributed by atoms with Gasteiger partial charge >= 0.3 is 0 Å². The molecular weight excluding hydrogens is 250 g/mol. The summed E-state index contributed by atoms with van der Waals surface area (Å²) in [6.07, 6.45) is 0. The van der Waals surface area contributed by atoms with E-state index in [1.807, 2.05) is 36.4 Å². The van der Waals surface area contributed by atoms with Crippen LogP contribution in [0.15, 0.2) is 48.5 Å². The normalized spacial score (nSPS) is 9.80. The van der Waals surface area contributed by atoms with E-state index in [2.05, 4.69) is 11.4 Å². The average molecular weight is 267 g/mol. The Kier molecular flexibility index (Phi) is 4.99. The van der Waals surface area contributed by atoms with Crippen molar-refractivity contribution in [2.45, 2.75) is 6.61 Å². The van der Waals surface area contributed by atoms with Gasteiger partial charge in [-0.1, -0.05) is 12.1 Å². The second-order valence-corrected chi connectivity index (χ2v) is 4.34. The van der Waals surface area contributed by atoms with Crippen molar-refractivity contribution in [3.05, 3.63) is 59.7 Å². The molecule has 0 aliphatic carbocycles. The molecule has 2 rings (SSSR count). The minimum atomic E-state index is 0.487. The molecule has 4 nitrogen and oxygen atoms in total. The van der Waals surface area contributed by atoms with Gasteiger partial charge in [0.25, 0.3) is 0 Å². The van der Waals surface area contributed by atoms with Crippen molar-refractivity contribution in [3.63, 3.8) is 0 Å². The SMILES string of the molecule is N#Cc1ccc(COc2ccc(NCCN)cc2)cc1. The van der Waals surface area contributed by atoms with Gasteiger partial charge in [-0.3, -0.25) is 0 Å². The maximum Gasteiger partial charge on any atom is 0.119 e. The lowest BCUT2D eigenvalue weighted by Gasteiger charge is -2.08. The van der Waals surface area contributed by atoms with Gasteiger partial charge in [-0.15, -0.1) is 0 Å². The van der Waals surface area contributed by atoms with Crippen molar-refractivity contribution in [2.24, 2.45) is 5.73 Å². The number of nitriles is 1. The summed E-state index contributed by atoms with van der Waals surface area (Å²) in [5.74, 6) is 0.813. The zero-order chi connectivity index (χ0) is 14.2. The molecule has 0 saturated carbocycles. The van der Waals surface area contributed by atoms with E-state index in [4.69, 9.17) is 15.7 Å². The molecule has 0 aliphatic heterocycles. The summed E-state index contributed by atoms with van der Waals surface area (Å²) in [5, 5.41) is 11.9. The van der Waals surface area contributed by atoms with Crippen LogP contribution in [0.1, 0.15) is 11.1 Å². The zero-order valence-corrected chi connectivity index (χ0v) is 11.2. The van der Waals surface area contributed by atoms with Crippen LogP contribution in [0.2, 0.25) is 0 Å². The molecule has 102 valence electrons. The maximum absolute atomic E-state index is 8.73. The first-order valence-electron chi connectivity index (χ1n) is 6.47. The van der Waals surface area contributed by atoms with Gasteiger partial charge in [0, 0.05) is 18.8 Å². The van der Waals surface area contributed by atoms with E-state index in [1.165, 1.54) is 0 Å². The molecule has 0 bridgehead atoms. The zero-order valence-electron chi connectivity index (χ0n) is 11.2. The lowest BCUT2D eigenvalue weighted by molar-refractivity contribution is 0.306. The van der Waals surface area contributed by atoms with Gasteiger partial charge in [0.05, 0.1) is 11.6 Å². The molecule has 20 heavy (non-hydrogen) atoms. The highest BCUT2D eigenvalue weighted by atomic mass is 16.5. The van der Waals surface area contributed by atoms with Crippen LogP contribution >= 0.6 is 0 Å². The molecule has 0 aromatic heterocycles. The Morgan fingerprint density at radius 3 is 2.35 bits per heavy atom. The standard InChI is InChI=1S/C16H17N3O/c17-9-10-19-15-5-7-16(8-6-15)20-12-14-3-1-13(11-18)2-4-14/h1-8,19H,9-10,12,17H2. The molecule has 3 N–H and O–H groups in total. The minimum Gasteiger partial charge on any atom is -0.489 e. The van der Waals surface area contributed by atoms with Crippen LogP contribution < -0.4 is 15.8 Å². The van der Waals surface area contributed by atoms with Crippen molar-refractivity contribution in [1.29, 1.82) is 5.26 Å². The molecule has 2 aromatic rings. The summed E-state index contributed by atoms with van der Waals surface area (Å²) < 4.78 is 5.69. The summed E-state index contributed by atoms with van der Waals surface area (Å²) >= 11 is 0. The fraction of sp³-hybridized carbons (Fsp3) is 0.188. The molecule has 0 amide bonds. The largest absolute Gasteiger partial charge is 0.489 e. The predicted octanol–water partition coefficient (Wildman–Crippen LogP) is 2.51. The minimum absolute atomic E-state index is 0.487. The second kappa shape index (κ2) is 7.17. The molecule has 4 heteroatoms. The summed E-state index contributed by atoms with van der Waals surface area (Å²) in [5.41, 5.74) is 8.15. The highest BCUT2D eigenvalue weighted by Crippen LogP contribution is 2.17. The highest BCUT2D eigenvalue weighted by Gasteiger charge is 1.97. The van der Waals surface area contributed by atoms with E-state index in [0.29, 0.717) is 18.7 Å². The van der Waals surface area contributed by atoms with Crippen molar-refractivity contribution in [3.8, 4) is 11.8 Å². The topological polar surface area (TPSA) is 71.1 Å². The van der Waals surface area contributed by atoms with Crippen LogP contribution in [0.25, 0.3) is 0 Å². The quantitative estimate of drug-likeness (QED) is 0.843.